The highest BCUT2D eigenvalue weighted by Gasteiger charge is 2.30. The highest BCUT2D eigenvalue weighted by molar-refractivity contribution is 7.47. The first-order chi connectivity index (χ1) is 42.9. The Labute approximate surface area is 543 Å². The quantitative estimate of drug-likeness (QED) is 0.0222. The predicted octanol–water partition coefficient (Wildman–Crippen LogP) is 20.0. The summed E-state index contributed by atoms with van der Waals surface area (Å²) in [7, 11) is -9.90. The molecule has 3 N–H and O–H groups in total. The van der Waals surface area contributed by atoms with Crippen molar-refractivity contribution in [3.8, 4) is 0 Å². The summed E-state index contributed by atoms with van der Waals surface area (Å²) in [5.74, 6) is -0.559. The first-order valence-electron chi connectivity index (χ1n) is 36.5. The number of aliphatic hydroxyl groups is 1. The van der Waals surface area contributed by atoms with Crippen LogP contribution in [0.25, 0.3) is 0 Å². The fraction of sp³-hybridized carbons (Fsp3) is 0.943. The summed E-state index contributed by atoms with van der Waals surface area (Å²) < 4.78 is 68.3. The van der Waals surface area contributed by atoms with Crippen molar-refractivity contribution in [3.63, 3.8) is 0 Å². The van der Waals surface area contributed by atoms with Crippen molar-refractivity contribution in [2.24, 2.45) is 11.8 Å². The first kappa shape index (κ1) is 87.1. The average Bonchev–Trinajstić information content (AvgIpc) is 3.72. The molecule has 0 aliphatic carbocycles. The minimum Gasteiger partial charge on any atom is -0.462 e. The number of carbonyl (C=O) groups is 4. The maximum atomic E-state index is 13.0. The second-order valence-corrected chi connectivity index (χ2v) is 28.9. The first-order valence-corrected chi connectivity index (χ1v) is 39.5. The van der Waals surface area contributed by atoms with Crippen molar-refractivity contribution in [1.29, 1.82) is 0 Å². The molecule has 0 radical (unpaired) electrons. The zero-order valence-corrected chi connectivity index (χ0v) is 59.5. The van der Waals surface area contributed by atoms with Crippen LogP contribution in [0.5, 0.6) is 0 Å². The van der Waals surface area contributed by atoms with Gasteiger partial charge in [0, 0.05) is 25.7 Å². The van der Waals surface area contributed by atoms with Gasteiger partial charge in [0.2, 0.25) is 0 Å². The molecule has 0 spiro atoms. The summed E-state index contributed by atoms with van der Waals surface area (Å²) in [6, 6.07) is 0. The maximum Gasteiger partial charge on any atom is 0.472 e. The van der Waals surface area contributed by atoms with Gasteiger partial charge in [-0.25, -0.2) is 9.13 Å². The van der Waals surface area contributed by atoms with Crippen molar-refractivity contribution in [3.05, 3.63) is 0 Å². The van der Waals surface area contributed by atoms with E-state index in [9.17, 15) is 43.2 Å². The van der Waals surface area contributed by atoms with Gasteiger partial charge in [0.05, 0.1) is 26.4 Å². The Hall–Kier alpha value is -1.94. The third-order valence-corrected chi connectivity index (χ3v) is 18.5. The molecule has 0 bridgehead atoms. The molecule has 0 saturated heterocycles. The van der Waals surface area contributed by atoms with Crippen molar-refractivity contribution >= 4 is 39.5 Å². The molecule has 528 valence electrons. The zero-order chi connectivity index (χ0) is 65.7. The minimum absolute atomic E-state index is 0.107. The highest BCUT2D eigenvalue weighted by Crippen LogP contribution is 2.45. The lowest BCUT2D eigenvalue weighted by molar-refractivity contribution is -0.161. The third-order valence-electron chi connectivity index (χ3n) is 16.6. The van der Waals surface area contributed by atoms with Crippen LogP contribution in [-0.2, 0) is 65.4 Å². The van der Waals surface area contributed by atoms with Crippen LogP contribution in [-0.4, -0.2) is 96.7 Å². The fourth-order valence-electron chi connectivity index (χ4n) is 10.6. The van der Waals surface area contributed by atoms with Crippen LogP contribution < -0.4 is 0 Å². The van der Waals surface area contributed by atoms with E-state index in [-0.39, 0.29) is 25.7 Å². The number of unbranched alkanes of at least 4 members (excludes halogenated alkanes) is 38. The number of hydrogen-bond acceptors (Lipinski definition) is 15. The van der Waals surface area contributed by atoms with Gasteiger partial charge in [0.1, 0.15) is 19.3 Å². The highest BCUT2D eigenvalue weighted by atomic mass is 31.2. The number of phosphoric ester groups is 2. The standard InChI is InChI=1S/C70H136O17P2/c1-7-10-12-14-16-18-23-28-36-42-48-54-69(74)86-65(58-80-67(72)52-46-40-34-27-19-17-15-13-11-8-2)60-84-88(76,77)82-56-64(71)57-83-89(78,79)85-61-66(59-81-68(73)53-47-41-35-31-30-33-39-45-51-63(6)9-3)87-70(75)55-49-43-37-29-25-22-20-21-24-26-32-38-44-50-62(4)5/h62-66,71H,7-61H2,1-6H3,(H,76,77)(H,78,79)/t63?,64-,65+,66+/m0/s1. The van der Waals surface area contributed by atoms with Gasteiger partial charge < -0.3 is 33.8 Å². The van der Waals surface area contributed by atoms with Crippen LogP contribution in [0.4, 0.5) is 0 Å². The number of rotatable bonds is 69. The normalized spacial score (nSPS) is 14.4. The third kappa shape index (κ3) is 63.2. The number of phosphoric acid groups is 2. The Morgan fingerprint density at radius 1 is 0.326 bits per heavy atom. The number of ether oxygens (including phenoxy) is 4. The van der Waals surface area contributed by atoms with Crippen molar-refractivity contribution in [2.45, 2.75) is 374 Å². The average molecular weight is 1310 g/mol. The van der Waals surface area contributed by atoms with Gasteiger partial charge >= 0.3 is 39.5 Å². The van der Waals surface area contributed by atoms with E-state index in [1.165, 1.54) is 173 Å². The summed E-state index contributed by atoms with van der Waals surface area (Å²) in [5.41, 5.74) is 0. The molecule has 0 rings (SSSR count). The van der Waals surface area contributed by atoms with E-state index in [1.54, 1.807) is 0 Å². The maximum absolute atomic E-state index is 13.0. The number of hydrogen-bond donors (Lipinski definition) is 3. The van der Waals surface area contributed by atoms with Gasteiger partial charge in [-0.1, -0.05) is 305 Å². The van der Waals surface area contributed by atoms with E-state index in [0.717, 1.165) is 102 Å². The summed E-state index contributed by atoms with van der Waals surface area (Å²) >= 11 is 0. The second-order valence-electron chi connectivity index (χ2n) is 26.0. The molecule has 0 fully saturated rings. The largest absolute Gasteiger partial charge is 0.472 e. The van der Waals surface area contributed by atoms with Crippen LogP contribution >= 0.6 is 15.6 Å². The van der Waals surface area contributed by atoms with Crippen LogP contribution in [0.1, 0.15) is 356 Å². The molecule has 6 atom stereocenters. The summed E-state index contributed by atoms with van der Waals surface area (Å²) in [4.78, 5) is 72.5. The zero-order valence-electron chi connectivity index (χ0n) is 57.7. The monoisotopic (exact) mass is 1310 g/mol. The van der Waals surface area contributed by atoms with Gasteiger partial charge in [-0.2, -0.15) is 0 Å². The topological polar surface area (TPSA) is 237 Å². The molecule has 0 amide bonds. The Balaban J connectivity index is 5.24. The van der Waals surface area contributed by atoms with Crippen LogP contribution in [0, 0.1) is 11.8 Å². The van der Waals surface area contributed by atoms with Gasteiger partial charge in [-0.15, -0.1) is 0 Å². The van der Waals surface area contributed by atoms with E-state index in [1.807, 2.05) is 0 Å². The fourth-order valence-corrected chi connectivity index (χ4v) is 12.1. The van der Waals surface area contributed by atoms with Gasteiger partial charge in [-0.3, -0.25) is 37.3 Å². The number of carbonyl (C=O) groups excluding carboxylic acids is 4. The molecule has 3 unspecified atom stereocenters. The summed E-state index contributed by atoms with van der Waals surface area (Å²) in [5, 5.41) is 10.6. The van der Waals surface area contributed by atoms with Crippen LogP contribution in [0.3, 0.4) is 0 Å². The van der Waals surface area contributed by atoms with Crippen molar-refractivity contribution < 1.29 is 80.2 Å². The molecule has 89 heavy (non-hydrogen) atoms. The van der Waals surface area contributed by atoms with Gasteiger partial charge in [0.15, 0.2) is 12.2 Å². The Bertz CT molecular complexity index is 1740. The molecule has 0 aromatic rings. The lowest BCUT2D eigenvalue weighted by Crippen LogP contribution is -2.30. The van der Waals surface area contributed by atoms with Gasteiger partial charge in [0.25, 0.3) is 0 Å². The van der Waals surface area contributed by atoms with E-state index >= 15 is 0 Å². The lowest BCUT2D eigenvalue weighted by atomic mass is 9.99. The molecule has 17 nitrogen and oxygen atoms in total. The second kappa shape index (κ2) is 62.2. The SMILES string of the molecule is CCCCCCCCCCCCCC(=O)O[C@H](COC(=O)CCCCCCCCCCCC)COP(=O)(O)OC[C@H](O)COP(=O)(O)OC[C@@H](COC(=O)CCCCCCCCCCC(C)CC)OC(=O)CCCCCCCCCCCCCCCC(C)C. The van der Waals surface area contributed by atoms with E-state index in [2.05, 4.69) is 41.5 Å². The molecular weight excluding hydrogens is 1170 g/mol. The van der Waals surface area contributed by atoms with Crippen molar-refractivity contribution in [1.82, 2.24) is 0 Å². The van der Waals surface area contributed by atoms with E-state index in [4.69, 9.17) is 37.0 Å². The van der Waals surface area contributed by atoms with Crippen LogP contribution in [0.15, 0.2) is 0 Å². The minimum atomic E-state index is -4.95. The molecule has 0 aromatic carbocycles. The molecule has 0 aliphatic heterocycles. The van der Waals surface area contributed by atoms with Gasteiger partial charge in [-0.05, 0) is 37.5 Å². The van der Waals surface area contributed by atoms with E-state index in [0.29, 0.717) is 25.7 Å². The lowest BCUT2D eigenvalue weighted by Gasteiger charge is -2.21. The summed E-state index contributed by atoms with van der Waals surface area (Å²) in [6.07, 6.45) is 47.0. The van der Waals surface area contributed by atoms with E-state index < -0.39 is 97.5 Å². The summed E-state index contributed by atoms with van der Waals surface area (Å²) in [6.45, 7) is 9.56. The molecular formula is C70H136O17P2. The smallest absolute Gasteiger partial charge is 0.462 e. The molecule has 0 aliphatic rings. The molecule has 0 heterocycles. The van der Waals surface area contributed by atoms with Crippen molar-refractivity contribution in [2.75, 3.05) is 39.6 Å². The van der Waals surface area contributed by atoms with Crippen LogP contribution in [0.2, 0.25) is 0 Å². The number of esters is 4. The number of aliphatic hydroxyl groups excluding tert-OH is 1. The Morgan fingerprint density at radius 3 is 0.854 bits per heavy atom. The molecule has 0 aromatic heterocycles. The predicted molar refractivity (Wildman–Crippen MR) is 358 cm³/mol. The Kier molecular flexibility index (Phi) is 60.8. The Morgan fingerprint density at radius 2 is 0.573 bits per heavy atom. The molecule has 0 saturated carbocycles. The molecule has 19 heteroatoms.